The van der Waals surface area contributed by atoms with Crippen LogP contribution < -0.4 is 5.32 Å². The van der Waals surface area contributed by atoms with Crippen LogP contribution in [0.4, 0.5) is 10.1 Å². The smallest absolute Gasteiger partial charge is 0.259 e. The molecular formula is C20H18FN3O. The molecule has 1 aromatic heterocycles. The second kappa shape index (κ2) is 7.21. The number of aromatic nitrogens is 2. The maximum Gasteiger partial charge on any atom is 0.259 e. The number of hydrogen-bond donors (Lipinski definition) is 1. The van der Waals surface area contributed by atoms with E-state index in [9.17, 15) is 9.18 Å². The molecule has 5 heteroatoms. The van der Waals surface area contributed by atoms with Crippen molar-refractivity contribution in [3.8, 4) is 11.4 Å². The zero-order valence-corrected chi connectivity index (χ0v) is 14.1. The molecule has 0 aliphatic heterocycles. The Morgan fingerprint density at radius 1 is 1.12 bits per heavy atom. The molecule has 0 aliphatic carbocycles. The predicted molar refractivity (Wildman–Crippen MR) is 95.9 cm³/mol. The maximum atomic E-state index is 13.0. The highest BCUT2D eigenvalue weighted by Gasteiger charge is 2.14. The van der Waals surface area contributed by atoms with Gasteiger partial charge in [0.05, 0.1) is 11.3 Å². The Kier molecular flexibility index (Phi) is 4.84. The van der Waals surface area contributed by atoms with Gasteiger partial charge in [-0.05, 0) is 49.2 Å². The summed E-state index contributed by atoms with van der Waals surface area (Å²) in [6.07, 6.45) is 2.33. The first-order valence-corrected chi connectivity index (χ1v) is 8.07. The summed E-state index contributed by atoms with van der Waals surface area (Å²) in [5.74, 6) is -0.0990. The summed E-state index contributed by atoms with van der Waals surface area (Å²) in [5.41, 5.74) is 3.54. The van der Waals surface area contributed by atoms with Crippen LogP contribution in [0.25, 0.3) is 11.4 Å². The molecule has 0 saturated heterocycles. The monoisotopic (exact) mass is 335 g/mol. The number of hydrogen-bond acceptors (Lipinski definition) is 3. The molecule has 1 N–H and O–H groups in total. The number of para-hydroxylation sites is 1. The molecular weight excluding hydrogens is 317 g/mol. The minimum atomic E-state index is -0.314. The number of anilines is 1. The first-order chi connectivity index (χ1) is 12.1. The van der Waals surface area contributed by atoms with E-state index in [0.717, 1.165) is 17.7 Å². The van der Waals surface area contributed by atoms with Gasteiger partial charge in [-0.3, -0.25) is 4.79 Å². The largest absolute Gasteiger partial charge is 0.322 e. The molecule has 0 radical (unpaired) electrons. The summed E-state index contributed by atoms with van der Waals surface area (Å²) >= 11 is 0. The molecule has 3 rings (SSSR count). The molecule has 126 valence electrons. The lowest BCUT2D eigenvalue weighted by molar-refractivity contribution is 0.102. The average Bonchev–Trinajstić information content (AvgIpc) is 2.62. The third kappa shape index (κ3) is 3.71. The number of benzene rings is 2. The van der Waals surface area contributed by atoms with Crippen molar-refractivity contribution in [3.05, 3.63) is 77.4 Å². The van der Waals surface area contributed by atoms with Crippen LogP contribution in [0.5, 0.6) is 0 Å². The minimum Gasteiger partial charge on any atom is -0.322 e. The molecule has 2 aromatic carbocycles. The van der Waals surface area contributed by atoms with Crippen LogP contribution in [-0.2, 0) is 6.42 Å². The van der Waals surface area contributed by atoms with Crippen LogP contribution in [0.1, 0.15) is 28.5 Å². The number of nitrogens with zero attached hydrogens (tertiary/aromatic N) is 2. The molecule has 4 nitrogen and oxygen atoms in total. The topological polar surface area (TPSA) is 54.9 Å². The van der Waals surface area contributed by atoms with E-state index >= 15 is 0 Å². The Morgan fingerprint density at radius 2 is 1.84 bits per heavy atom. The molecule has 1 heterocycles. The lowest BCUT2D eigenvalue weighted by atomic mass is 10.1. The lowest BCUT2D eigenvalue weighted by Crippen LogP contribution is -2.16. The maximum absolute atomic E-state index is 13.0. The van der Waals surface area contributed by atoms with Crippen LogP contribution in [0.2, 0.25) is 0 Å². The normalized spacial score (nSPS) is 10.5. The number of carbonyl (C=O) groups is 1. The van der Waals surface area contributed by atoms with Crippen LogP contribution in [0.3, 0.4) is 0 Å². The highest BCUT2D eigenvalue weighted by Crippen LogP contribution is 2.19. The fraction of sp³-hybridized carbons (Fsp3) is 0.150. The van der Waals surface area contributed by atoms with Gasteiger partial charge >= 0.3 is 0 Å². The Bertz CT molecular complexity index is 907. The first kappa shape index (κ1) is 16.8. The van der Waals surface area contributed by atoms with E-state index in [-0.39, 0.29) is 11.7 Å². The third-order valence-corrected chi connectivity index (χ3v) is 3.97. The van der Waals surface area contributed by atoms with Gasteiger partial charge in [-0.1, -0.05) is 25.1 Å². The van der Waals surface area contributed by atoms with E-state index in [1.54, 1.807) is 19.1 Å². The van der Waals surface area contributed by atoms with Crippen molar-refractivity contribution >= 4 is 11.6 Å². The number of nitrogens with one attached hydrogen (secondary N) is 1. The van der Waals surface area contributed by atoms with E-state index in [0.29, 0.717) is 22.6 Å². The Morgan fingerprint density at radius 3 is 2.52 bits per heavy atom. The van der Waals surface area contributed by atoms with Crippen molar-refractivity contribution in [1.82, 2.24) is 9.97 Å². The van der Waals surface area contributed by atoms with Crippen molar-refractivity contribution in [1.29, 1.82) is 0 Å². The number of halogens is 1. The highest BCUT2D eigenvalue weighted by atomic mass is 19.1. The summed E-state index contributed by atoms with van der Waals surface area (Å²) in [6, 6.07) is 13.6. The lowest BCUT2D eigenvalue weighted by Gasteiger charge is -2.11. The van der Waals surface area contributed by atoms with Crippen LogP contribution >= 0.6 is 0 Å². The fourth-order valence-electron chi connectivity index (χ4n) is 2.57. The van der Waals surface area contributed by atoms with Gasteiger partial charge in [0, 0.05) is 17.4 Å². The summed E-state index contributed by atoms with van der Waals surface area (Å²) in [4.78, 5) is 21.2. The van der Waals surface area contributed by atoms with Crippen molar-refractivity contribution in [2.45, 2.75) is 20.3 Å². The van der Waals surface area contributed by atoms with E-state index in [1.807, 2.05) is 31.2 Å². The second-order valence-electron chi connectivity index (χ2n) is 5.66. The van der Waals surface area contributed by atoms with Crippen LogP contribution in [0, 0.1) is 12.7 Å². The number of rotatable bonds is 4. The minimum absolute atomic E-state index is 0.246. The molecule has 1 amide bonds. The fourth-order valence-corrected chi connectivity index (χ4v) is 2.57. The first-order valence-electron chi connectivity index (χ1n) is 8.07. The average molecular weight is 335 g/mol. The molecule has 0 bridgehead atoms. The zero-order chi connectivity index (χ0) is 17.8. The van der Waals surface area contributed by atoms with E-state index in [4.69, 9.17) is 0 Å². The summed E-state index contributed by atoms with van der Waals surface area (Å²) < 4.78 is 13.0. The van der Waals surface area contributed by atoms with Gasteiger partial charge in [0.15, 0.2) is 5.82 Å². The van der Waals surface area contributed by atoms with Gasteiger partial charge in [-0.15, -0.1) is 0 Å². The van der Waals surface area contributed by atoms with Gasteiger partial charge in [0.25, 0.3) is 5.91 Å². The van der Waals surface area contributed by atoms with Crippen molar-refractivity contribution in [2.75, 3.05) is 5.32 Å². The predicted octanol–water partition coefficient (Wildman–Crippen LogP) is 4.41. The summed E-state index contributed by atoms with van der Waals surface area (Å²) in [6.45, 7) is 3.80. The molecule has 0 spiro atoms. The van der Waals surface area contributed by atoms with Crippen LogP contribution in [0.15, 0.2) is 54.7 Å². The standard InChI is InChI=1S/C20H18FN3O/c1-3-14-6-4-5-7-18(14)24-20(25)17-12-22-19(23-13(17)2)15-8-10-16(21)11-9-15/h4-12H,3H2,1-2H3,(H,24,25). The van der Waals surface area contributed by atoms with Crippen molar-refractivity contribution < 1.29 is 9.18 Å². The molecule has 0 saturated carbocycles. The SMILES string of the molecule is CCc1ccccc1NC(=O)c1cnc(-c2ccc(F)cc2)nc1C. The molecule has 0 unspecified atom stereocenters. The zero-order valence-electron chi connectivity index (χ0n) is 14.1. The van der Waals surface area contributed by atoms with Gasteiger partial charge in [0.2, 0.25) is 0 Å². The molecule has 25 heavy (non-hydrogen) atoms. The quantitative estimate of drug-likeness (QED) is 0.768. The van der Waals surface area contributed by atoms with E-state index in [2.05, 4.69) is 15.3 Å². The number of amides is 1. The van der Waals surface area contributed by atoms with Gasteiger partial charge in [0.1, 0.15) is 5.82 Å². The van der Waals surface area contributed by atoms with Crippen LogP contribution in [-0.4, -0.2) is 15.9 Å². The Hall–Kier alpha value is -3.08. The molecule has 3 aromatic rings. The Labute approximate surface area is 145 Å². The molecule has 0 aliphatic rings. The van der Waals surface area contributed by atoms with Crippen molar-refractivity contribution in [2.24, 2.45) is 0 Å². The molecule has 0 fully saturated rings. The van der Waals surface area contributed by atoms with Gasteiger partial charge < -0.3 is 5.32 Å². The number of aryl methyl sites for hydroxylation is 2. The summed E-state index contributed by atoms with van der Waals surface area (Å²) in [7, 11) is 0. The van der Waals surface area contributed by atoms with Gasteiger partial charge in [-0.25, -0.2) is 14.4 Å². The van der Waals surface area contributed by atoms with E-state index in [1.165, 1.54) is 18.3 Å². The number of carbonyl (C=O) groups excluding carboxylic acids is 1. The summed E-state index contributed by atoms with van der Waals surface area (Å²) in [5, 5.41) is 2.92. The van der Waals surface area contributed by atoms with E-state index < -0.39 is 0 Å². The third-order valence-electron chi connectivity index (χ3n) is 3.97. The van der Waals surface area contributed by atoms with Gasteiger partial charge in [-0.2, -0.15) is 0 Å². The Balaban J connectivity index is 1.85. The molecule has 0 atom stereocenters. The second-order valence-corrected chi connectivity index (χ2v) is 5.66. The highest BCUT2D eigenvalue weighted by molar-refractivity contribution is 6.05. The van der Waals surface area contributed by atoms with Crippen molar-refractivity contribution in [3.63, 3.8) is 0 Å².